The Bertz CT molecular complexity index is 1890. The zero-order valence-corrected chi connectivity index (χ0v) is 64.8. The predicted molar refractivity (Wildman–Crippen MR) is 391 cm³/mol. The number of rotatable bonds is 74. The molecule has 8 atom stereocenters. The minimum Gasteiger partial charge on any atom is -0.462 e. The van der Waals surface area contributed by atoms with Crippen LogP contribution in [-0.4, -0.2) is 96.7 Å². The Morgan fingerprint density at radius 1 is 0.292 bits per heavy atom. The zero-order chi connectivity index (χ0) is 71.0. The van der Waals surface area contributed by atoms with Gasteiger partial charge in [0.05, 0.1) is 26.4 Å². The molecule has 6 unspecified atom stereocenters. The lowest BCUT2D eigenvalue weighted by Gasteiger charge is -2.21. The molecule has 0 aromatic carbocycles. The zero-order valence-electron chi connectivity index (χ0n) is 63.0. The molecule has 0 radical (unpaired) electrons. The third kappa shape index (κ3) is 66.6. The topological polar surface area (TPSA) is 237 Å². The largest absolute Gasteiger partial charge is 0.472 e. The van der Waals surface area contributed by atoms with Crippen molar-refractivity contribution < 1.29 is 80.2 Å². The Hall–Kier alpha value is -1.94. The van der Waals surface area contributed by atoms with Crippen LogP contribution in [0.25, 0.3) is 0 Å². The molecule has 0 heterocycles. The van der Waals surface area contributed by atoms with Crippen LogP contribution in [0.2, 0.25) is 0 Å². The van der Waals surface area contributed by atoms with Gasteiger partial charge < -0.3 is 33.8 Å². The minimum absolute atomic E-state index is 0.106. The van der Waals surface area contributed by atoms with E-state index in [1.165, 1.54) is 180 Å². The van der Waals surface area contributed by atoms with E-state index < -0.39 is 97.5 Å². The second-order valence-electron chi connectivity index (χ2n) is 28.9. The van der Waals surface area contributed by atoms with Gasteiger partial charge in [0.15, 0.2) is 12.2 Å². The summed E-state index contributed by atoms with van der Waals surface area (Å²) in [7, 11) is -9.91. The van der Waals surface area contributed by atoms with Gasteiger partial charge in [-0.2, -0.15) is 0 Å². The third-order valence-electron chi connectivity index (χ3n) is 18.9. The van der Waals surface area contributed by atoms with E-state index in [1.807, 2.05) is 0 Å². The van der Waals surface area contributed by atoms with Gasteiger partial charge in [-0.1, -0.05) is 338 Å². The van der Waals surface area contributed by atoms with Crippen LogP contribution in [0.5, 0.6) is 0 Å². The summed E-state index contributed by atoms with van der Waals surface area (Å²) in [6, 6.07) is 0. The summed E-state index contributed by atoms with van der Waals surface area (Å²) in [6.45, 7) is 14.2. The number of phosphoric ester groups is 2. The first-order valence-corrected chi connectivity index (χ1v) is 42.8. The number of carbonyl (C=O) groups excluding carboxylic acids is 4. The highest BCUT2D eigenvalue weighted by molar-refractivity contribution is 7.47. The van der Waals surface area contributed by atoms with E-state index >= 15 is 0 Å². The SMILES string of the molecule is CCC(C)CCCCCCCCCCCCCCCCC(=O)O[C@H](COC(=O)CCCCCCCCCC(C)C)COP(=O)(O)OCC(O)COP(=O)(O)OC[C@@H](COC(=O)CCCCCCCCC(C)CC)OC(=O)CCCCCCCCCCCCCCCCC(C)CC. The van der Waals surface area contributed by atoms with E-state index in [4.69, 9.17) is 37.0 Å². The number of esters is 4. The average Bonchev–Trinajstić information content (AvgIpc) is 1.16. The fraction of sp³-hybridized carbons (Fsp3) is 0.948. The predicted octanol–water partition coefficient (Wildman–Crippen LogP) is 22.4. The van der Waals surface area contributed by atoms with E-state index in [-0.39, 0.29) is 25.7 Å². The van der Waals surface area contributed by atoms with E-state index in [2.05, 4.69) is 55.4 Å². The summed E-state index contributed by atoms with van der Waals surface area (Å²) < 4.78 is 68.5. The van der Waals surface area contributed by atoms with Gasteiger partial charge in [-0.15, -0.1) is 0 Å². The van der Waals surface area contributed by atoms with E-state index in [0.29, 0.717) is 31.6 Å². The Balaban J connectivity index is 5.21. The molecule has 0 spiro atoms. The Kier molecular flexibility index (Phi) is 65.0. The molecule has 17 nitrogen and oxygen atoms in total. The fourth-order valence-corrected chi connectivity index (χ4v) is 13.2. The van der Waals surface area contributed by atoms with Crippen molar-refractivity contribution in [2.45, 2.75) is 408 Å². The number of carbonyl (C=O) groups is 4. The molecule has 0 rings (SSSR count). The fourth-order valence-electron chi connectivity index (χ4n) is 11.6. The number of aliphatic hydroxyl groups excluding tert-OH is 1. The molecule has 0 aliphatic rings. The van der Waals surface area contributed by atoms with Crippen molar-refractivity contribution in [2.75, 3.05) is 39.6 Å². The monoisotopic (exact) mass is 1410 g/mol. The van der Waals surface area contributed by atoms with E-state index in [9.17, 15) is 43.2 Å². The number of unbranched alkanes of at least 4 members (excludes halogenated alkanes) is 37. The molecular formula is C77H150O17P2. The van der Waals surface area contributed by atoms with Crippen LogP contribution in [-0.2, 0) is 65.4 Å². The number of phosphoric acid groups is 2. The molecule has 0 aromatic rings. The van der Waals surface area contributed by atoms with Gasteiger partial charge in [-0.05, 0) is 49.4 Å². The number of ether oxygens (including phenoxy) is 4. The van der Waals surface area contributed by atoms with Crippen molar-refractivity contribution in [1.82, 2.24) is 0 Å². The third-order valence-corrected chi connectivity index (χ3v) is 20.8. The molecule has 570 valence electrons. The normalized spacial score (nSPS) is 15.0. The van der Waals surface area contributed by atoms with Crippen molar-refractivity contribution in [3.8, 4) is 0 Å². The highest BCUT2D eigenvalue weighted by atomic mass is 31.2. The van der Waals surface area contributed by atoms with E-state index in [1.54, 1.807) is 0 Å². The first-order valence-electron chi connectivity index (χ1n) is 39.8. The van der Waals surface area contributed by atoms with Crippen LogP contribution >= 0.6 is 15.6 Å². The van der Waals surface area contributed by atoms with Crippen molar-refractivity contribution >= 4 is 39.5 Å². The maximum Gasteiger partial charge on any atom is 0.472 e. The second kappa shape index (κ2) is 66.3. The van der Waals surface area contributed by atoms with Crippen molar-refractivity contribution in [3.05, 3.63) is 0 Å². The summed E-state index contributed by atoms with van der Waals surface area (Å²) in [5.74, 6) is 1.01. The van der Waals surface area contributed by atoms with Crippen molar-refractivity contribution in [2.24, 2.45) is 23.7 Å². The van der Waals surface area contributed by atoms with E-state index in [0.717, 1.165) is 120 Å². The Labute approximate surface area is 588 Å². The number of aliphatic hydroxyl groups is 1. The van der Waals surface area contributed by atoms with Gasteiger partial charge in [-0.3, -0.25) is 37.3 Å². The lowest BCUT2D eigenvalue weighted by Crippen LogP contribution is -2.30. The Morgan fingerprint density at radius 3 is 0.740 bits per heavy atom. The summed E-state index contributed by atoms with van der Waals surface area (Å²) in [4.78, 5) is 72.8. The lowest BCUT2D eigenvalue weighted by atomic mass is 9.99. The highest BCUT2D eigenvalue weighted by Crippen LogP contribution is 2.45. The minimum atomic E-state index is -4.96. The van der Waals surface area contributed by atoms with Gasteiger partial charge in [0.25, 0.3) is 0 Å². The summed E-state index contributed by atoms with van der Waals surface area (Å²) in [5.41, 5.74) is 0. The van der Waals surface area contributed by atoms with Gasteiger partial charge in [-0.25, -0.2) is 9.13 Å². The summed E-state index contributed by atoms with van der Waals surface area (Å²) >= 11 is 0. The molecule has 0 aliphatic carbocycles. The molecule has 0 aromatic heterocycles. The molecule has 0 saturated heterocycles. The second-order valence-corrected chi connectivity index (χ2v) is 31.9. The molecule has 0 saturated carbocycles. The van der Waals surface area contributed by atoms with Crippen LogP contribution in [0, 0.1) is 23.7 Å². The molecule has 19 heteroatoms. The Morgan fingerprint density at radius 2 is 0.500 bits per heavy atom. The first-order chi connectivity index (χ1) is 46.2. The van der Waals surface area contributed by atoms with Crippen LogP contribution in [0.4, 0.5) is 0 Å². The summed E-state index contributed by atoms with van der Waals surface area (Å²) in [6.07, 6.45) is 51.3. The first kappa shape index (κ1) is 94.1. The standard InChI is InChI=1S/C77H150O17P2/c1-9-68(6)54-46-38-30-24-20-16-12-14-18-22-26-32-43-51-59-76(81)93-72(63-87-74(79)57-49-41-34-28-29-37-45-53-67(4)5)65-91-95(83,84)89-61-71(78)62-90-96(85,86)92-66-73(64-88-75(80)58-50-42-36-35-40-48-56-70(8)11-3)94-77(82)60-52-44-33-27-23-19-15-13-17-21-25-31-39-47-55-69(7)10-2/h67-73,78H,9-66H2,1-8H3,(H,83,84)(H,85,86)/t68?,69?,70?,71?,72-,73-/m1/s1. The smallest absolute Gasteiger partial charge is 0.462 e. The number of hydrogen-bond donors (Lipinski definition) is 3. The lowest BCUT2D eigenvalue weighted by molar-refractivity contribution is -0.161. The summed E-state index contributed by atoms with van der Waals surface area (Å²) in [5, 5.41) is 10.6. The quantitative estimate of drug-likeness (QED) is 0.0222. The van der Waals surface area contributed by atoms with Crippen molar-refractivity contribution in [3.63, 3.8) is 0 Å². The molecule has 0 amide bonds. The number of hydrogen-bond acceptors (Lipinski definition) is 15. The molecule has 0 aliphatic heterocycles. The molecule has 3 N–H and O–H groups in total. The van der Waals surface area contributed by atoms with Crippen LogP contribution in [0.1, 0.15) is 389 Å². The maximum atomic E-state index is 13.1. The van der Waals surface area contributed by atoms with Crippen LogP contribution < -0.4 is 0 Å². The average molecular weight is 1410 g/mol. The highest BCUT2D eigenvalue weighted by Gasteiger charge is 2.30. The molecule has 96 heavy (non-hydrogen) atoms. The molecular weight excluding hydrogens is 1260 g/mol. The van der Waals surface area contributed by atoms with Gasteiger partial charge in [0, 0.05) is 25.7 Å². The van der Waals surface area contributed by atoms with Crippen LogP contribution in [0.3, 0.4) is 0 Å². The maximum absolute atomic E-state index is 13.1. The molecule has 0 bridgehead atoms. The molecule has 0 fully saturated rings. The van der Waals surface area contributed by atoms with Gasteiger partial charge in [0.2, 0.25) is 0 Å². The van der Waals surface area contributed by atoms with Crippen LogP contribution in [0.15, 0.2) is 0 Å². The van der Waals surface area contributed by atoms with Gasteiger partial charge >= 0.3 is 39.5 Å². The van der Waals surface area contributed by atoms with Crippen molar-refractivity contribution in [1.29, 1.82) is 0 Å². The van der Waals surface area contributed by atoms with Gasteiger partial charge in [0.1, 0.15) is 19.3 Å².